The van der Waals surface area contributed by atoms with E-state index in [1.165, 1.54) is 0 Å². The summed E-state index contributed by atoms with van der Waals surface area (Å²) in [5.41, 5.74) is 1.85. The Labute approximate surface area is 136 Å². The van der Waals surface area contributed by atoms with Crippen molar-refractivity contribution in [3.05, 3.63) is 66.2 Å². The molecule has 1 N–H and O–H groups in total. The SMILES string of the molecule is C[C@H](c1ccccc1)N1C[C@H](C(=O)Nc2ccccc2)CC1=O. The summed E-state index contributed by atoms with van der Waals surface area (Å²) >= 11 is 0. The zero-order valence-corrected chi connectivity index (χ0v) is 13.1. The van der Waals surface area contributed by atoms with Gasteiger partial charge < -0.3 is 10.2 Å². The van der Waals surface area contributed by atoms with Crippen LogP contribution in [0, 0.1) is 5.92 Å². The lowest BCUT2D eigenvalue weighted by molar-refractivity contribution is -0.129. The van der Waals surface area contributed by atoms with Crippen molar-refractivity contribution in [1.29, 1.82) is 0 Å². The van der Waals surface area contributed by atoms with Gasteiger partial charge in [-0.3, -0.25) is 9.59 Å². The number of rotatable bonds is 4. The molecule has 1 aliphatic heterocycles. The van der Waals surface area contributed by atoms with E-state index in [0.717, 1.165) is 11.3 Å². The van der Waals surface area contributed by atoms with E-state index in [9.17, 15) is 9.59 Å². The largest absolute Gasteiger partial charge is 0.335 e. The highest BCUT2D eigenvalue weighted by molar-refractivity contribution is 5.97. The van der Waals surface area contributed by atoms with Crippen molar-refractivity contribution in [3.63, 3.8) is 0 Å². The minimum Gasteiger partial charge on any atom is -0.335 e. The number of carbonyl (C=O) groups is 2. The summed E-state index contributed by atoms with van der Waals surface area (Å²) in [4.78, 5) is 26.5. The molecule has 4 nitrogen and oxygen atoms in total. The fraction of sp³-hybridized carbons (Fsp3) is 0.263. The van der Waals surface area contributed by atoms with Crippen LogP contribution in [0.3, 0.4) is 0 Å². The maximum atomic E-state index is 12.4. The third-order valence-electron chi connectivity index (χ3n) is 4.32. The van der Waals surface area contributed by atoms with Gasteiger partial charge in [0.05, 0.1) is 12.0 Å². The Balaban J connectivity index is 1.66. The molecule has 0 aromatic heterocycles. The maximum absolute atomic E-state index is 12.4. The predicted octanol–water partition coefficient (Wildman–Crippen LogP) is 3.23. The number of nitrogens with one attached hydrogen (secondary N) is 1. The molecule has 1 saturated heterocycles. The lowest BCUT2D eigenvalue weighted by Gasteiger charge is -2.25. The molecule has 1 aliphatic rings. The third-order valence-corrected chi connectivity index (χ3v) is 4.32. The van der Waals surface area contributed by atoms with E-state index in [-0.39, 0.29) is 30.2 Å². The average Bonchev–Trinajstić information content (AvgIpc) is 2.98. The molecule has 2 aromatic carbocycles. The van der Waals surface area contributed by atoms with Gasteiger partial charge in [0.15, 0.2) is 0 Å². The normalized spacial score (nSPS) is 18.7. The molecule has 1 fully saturated rings. The van der Waals surface area contributed by atoms with Crippen LogP contribution >= 0.6 is 0 Å². The first-order valence-electron chi connectivity index (χ1n) is 7.85. The number of amides is 2. The summed E-state index contributed by atoms with van der Waals surface area (Å²) < 4.78 is 0. The molecule has 1 heterocycles. The van der Waals surface area contributed by atoms with Gasteiger partial charge in [0.25, 0.3) is 0 Å². The quantitative estimate of drug-likeness (QED) is 0.942. The van der Waals surface area contributed by atoms with Gasteiger partial charge >= 0.3 is 0 Å². The predicted molar refractivity (Wildman–Crippen MR) is 89.7 cm³/mol. The highest BCUT2D eigenvalue weighted by Gasteiger charge is 2.36. The molecule has 0 unspecified atom stereocenters. The number of carbonyl (C=O) groups excluding carboxylic acids is 2. The van der Waals surface area contributed by atoms with Crippen LogP contribution in [0.5, 0.6) is 0 Å². The number of benzene rings is 2. The fourth-order valence-corrected chi connectivity index (χ4v) is 2.96. The molecular weight excluding hydrogens is 288 g/mol. The summed E-state index contributed by atoms with van der Waals surface area (Å²) in [7, 11) is 0. The molecule has 23 heavy (non-hydrogen) atoms. The third kappa shape index (κ3) is 3.42. The Hall–Kier alpha value is -2.62. The second-order valence-corrected chi connectivity index (χ2v) is 5.89. The zero-order valence-electron chi connectivity index (χ0n) is 13.1. The number of nitrogens with zero attached hydrogens (tertiary/aromatic N) is 1. The van der Waals surface area contributed by atoms with Gasteiger partial charge in [0.2, 0.25) is 11.8 Å². The molecule has 3 rings (SSSR count). The van der Waals surface area contributed by atoms with Crippen molar-refractivity contribution in [3.8, 4) is 0 Å². The van der Waals surface area contributed by atoms with Crippen molar-refractivity contribution in [2.24, 2.45) is 5.92 Å². The second kappa shape index (κ2) is 6.65. The molecule has 0 aliphatic carbocycles. The first kappa shape index (κ1) is 15.3. The molecule has 118 valence electrons. The summed E-state index contributed by atoms with van der Waals surface area (Å²) in [6, 6.07) is 19.2. The summed E-state index contributed by atoms with van der Waals surface area (Å²) in [5, 5.41) is 2.89. The van der Waals surface area contributed by atoms with Crippen LogP contribution in [0.1, 0.15) is 24.9 Å². The van der Waals surface area contributed by atoms with Crippen LogP contribution in [-0.4, -0.2) is 23.3 Å². The fourth-order valence-electron chi connectivity index (χ4n) is 2.96. The Morgan fingerprint density at radius 3 is 2.35 bits per heavy atom. The van der Waals surface area contributed by atoms with Gasteiger partial charge in [-0.15, -0.1) is 0 Å². The van der Waals surface area contributed by atoms with E-state index in [1.807, 2.05) is 67.6 Å². The monoisotopic (exact) mass is 308 g/mol. The van der Waals surface area contributed by atoms with Crippen LogP contribution < -0.4 is 5.32 Å². The summed E-state index contributed by atoms with van der Waals surface area (Å²) in [6.07, 6.45) is 0.274. The Morgan fingerprint density at radius 1 is 1.09 bits per heavy atom. The van der Waals surface area contributed by atoms with Crippen LogP contribution in [0.15, 0.2) is 60.7 Å². The lowest BCUT2D eigenvalue weighted by atomic mass is 10.1. The van der Waals surface area contributed by atoms with Crippen LogP contribution in [0.4, 0.5) is 5.69 Å². The van der Waals surface area contributed by atoms with Crippen molar-refractivity contribution in [2.45, 2.75) is 19.4 Å². The first-order chi connectivity index (χ1) is 11.1. The van der Waals surface area contributed by atoms with Crippen molar-refractivity contribution >= 4 is 17.5 Å². The summed E-state index contributed by atoms with van der Waals surface area (Å²) in [6.45, 7) is 2.47. The van der Waals surface area contributed by atoms with Crippen molar-refractivity contribution in [2.75, 3.05) is 11.9 Å². The smallest absolute Gasteiger partial charge is 0.229 e. The Bertz CT molecular complexity index is 685. The molecule has 4 heteroatoms. The van der Waals surface area contributed by atoms with Crippen molar-refractivity contribution < 1.29 is 9.59 Å². The number of likely N-dealkylation sites (tertiary alicyclic amines) is 1. The van der Waals surface area contributed by atoms with Gasteiger partial charge in [-0.05, 0) is 24.6 Å². The van der Waals surface area contributed by atoms with E-state index < -0.39 is 0 Å². The minimum absolute atomic E-state index is 0.0155. The summed E-state index contributed by atoms with van der Waals surface area (Å²) in [5.74, 6) is -0.351. The minimum atomic E-state index is -0.297. The molecule has 2 amide bonds. The van der Waals surface area contributed by atoms with Gasteiger partial charge in [-0.2, -0.15) is 0 Å². The van der Waals surface area contributed by atoms with Crippen LogP contribution in [0.2, 0.25) is 0 Å². The topological polar surface area (TPSA) is 49.4 Å². The van der Waals surface area contributed by atoms with Gasteiger partial charge in [0, 0.05) is 18.7 Å². The Morgan fingerprint density at radius 2 is 1.70 bits per heavy atom. The van der Waals surface area contributed by atoms with E-state index in [4.69, 9.17) is 0 Å². The van der Waals surface area contributed by atoms with Gasteiger partial charge in [0.1, 0.15) is 0 Å². The molecular formula is C19H20N2O2. The van der Waals surface area contributed by atoms with Gasteiger partial charge in [-0.1, -0.05) is 48.5 Å². The number of anilines is 1. The maximum Gasteiger partial charge on any atom is 0.229 e. The molecule has 0 bridgehead atoms. The Kier molecular flexibility index (Phi) is 4.42. The van der Waals surface area contributed by atoms with E-state index >= 15 is 0 Å². The number of hydrogen-bond donors (Lipinski definition) is 1. The first-order valence-corrected chi connectivity index (χ1v) is 7.85. The van der Waals surface area contributed by atoms with E-state index in [1.54, 1.807) is 4.90 Å². The molecule has 0 spiro atoms. The number of para-hydroxylation sites is 1. The van der Waals surface area contributed by atoms with E-state index in [0.29, 0.717) is 6.54 Å². The molecule has 0 saturated carbocycles. The highest BCUT2D eigenvalue weighted by Crippen LogP contribution is 2.29. The molecule has 0 radical (unpaired) electrons. The standard InChI is InChI=1S/C19H20N2O2/c1-14(15-8-4-2-5-9-15)21-13-16(12-18(21)22)19(23)20-17-10-6-3-7-11-17/h2-11,14,16H,12-13H2,1H3,(H,20,23)/t14-,16-/m1/s1. The van der Waals surface area contributed by atoms with Crippen LogP contribution in [0.25, 0.3) is 0 Å². The molecule has 2 atom stereocenters. The van der Waals surface area contributed by atoms with Crippen LogP contribution in [-0.2, 0) is 9.59 Å². The zero-order chi connectivity index (χ0) is 16.2. The van der Waals surface area contributed by atoms with E-state index in [2.05, 4.69) is 5.32 Å². The van der Waals surface area contributed by atoms with Gasteiger partial charge in [-0.25, -0.2) is 0 Å². The second-order valence-electron chi connectivity index (χ2n) is 5.89. The average molecular weight is 308 g/mol. The highest BCUT2D eigenvalue weighted by atomic mass is 16.2. The molecule has 2 aromatic rings. The lowest BCUT2D eigenvalue weighted by Crippen LogP contribution is -2.30. The van der Waals surface area contributed by atoms with Crippen molar-refractivity contribution in [1.82, 2.24) is 4.90 Å². The number of hydrogen-bond acceptors (Lipinski definition) is 2.